The Kier molecular flexibility index (Phi) is 6.53. The summed E-state index contributed by atoms with van der Waals surface area (Å²) < 4.78 is 0. The monoisotopic (exact) mass is 356 g/mol. The first-order chi connectivity index (χ1) is 12.7. The number of hydrogen-bond acceptors (Lipinski definition) is 2. The van der Waals surface area contributed by atoms with Crippen LogP contribution in [0.4, 0.5) is 0 Å². The Labute approximate surface area is 157 Å². The van der Waals surface area contributed by atoms with Gasteiger partial charge in [-0.3, -0.25) is 9.79 Å². The molecule has 3 rings (SSSR count). The van der Waals surface area contributed by atoms with Gasteiger partial charge < -0.3 is 15.1 Å². The van der Waals surface area contributed by atoms with E-state index in [-0.39, 0.29) is 5.91 Å². The van der Waals surface area contributed by atoms with Crippen LogP contribution in [0.3, 0.4) is 0 Å². The summed E-state index contributed by atoms with van der Waals surface area (Å²) in [6.07, 6.45) is 6.03. The minimum absolute atomic E-state index is 0.169. The third-order valence-corrected chi connectivity index (χ3v) is 5.46. The van der Waals surface area contributed by atoms with Gasteiger partial charge in [0.05, 0.1) is 0 Å². The second kappa shape index (κ2) is 9.06. The van der Waals surface area contributed by atoms with Crippen molar-refractivity contribution in [1.82, 2.24) is 15.1 Å². The smallest absolute Gasteiger partial charge is 0.253 e. The number of rotatable bonds is 3. The largest absolute Gasteiger partial charge is 0.352 e. The molecular weight excluding hydrogens is 324 g/mol. The van der Waals surface area contributed by atoms with Gasteiger partial charge in [0.1, 0.15) is 0 Å². The van der Waals surface area contributed by atoms with E-state index in [4.69, 9.17) is 0 Å². The molecule has 2 fully saturated rings. The second-order valence-electron chi connectivity index (χ2n) is 7.64. The maximum absolute atomic E-state index is 12.5. The molecule has 1 aromatic carbocycles. The first-order valence-electron chi connectivity index (χ1n) is 10.0. The molecule has 1 atom stereocenters. The highest BCUT2D eigenvalue weighted by atomic mass is 16.2. The van der Waals surface area contributed by atoms with Gasteiger partial charge in [0.25, 0.3) is 5.91 Å². The van der Waals surface area contributed by atoms with Crippen LogP contribution in [0.25, 0.3) is 0 Å². The molecule has 2 aliphatic heterocycles. The number of nitrogens with one attached hydrogen (secondary N) is 1. The molecule has 142 valence electrons. The van der Waals surface area contributed by atoms with Gasteiger partial charge in [-0.15, -0.1) is 0 Å². The molecular formula is C21H32N4O. The standard InChI is InChI=1S/C21H32N4O/c1-17-7-6-14-25(16-17)21(22-2)23-15-18-8-10-19(11-9-18)20(26)24-12-4-3-5-13-24/h8-11,17H,3-7,12-16H2,1-2H3,(H,22,23). The number of nitrogens with zero attached hydrogens (tertiary/aromatic N) is 3. The topological polar surface area (TPSA) is 47.9 Å². The van der Waals surface area contributed by atoms with E-state index < -0.39 is 0 Å². The van der Waals surface area contributed by atoms with Gasteiger partial charge in [0.2, 0.25) is 0 Å². The maximum atomic E-state index is 12.5. The number of piperidine rings is 2. The van der Waals surface area contributed by atoms with Crippen molar-refractivity contribution in [3.63, 3.8) is 0 Å². The number of benzene rings is 1. The fourth-order valence-electron chi connectivity index (χ4n) is 3.94. The molecule has 1 amide bonds. The van der Waals surface area contributed by atoms with Gasteiger partial charge in [-0.25, -0.2) is 0 Å². The zero-order chi connectivity index (χ0) is 18.4. The Bertz CT molecular complexity index is 619. The first kappa shape index (κ1) is 18.7. The normalized spacial score (nSPS) is 21.6. The molecule has 1 N–H and O–H groups in total. The molecule has 5 heteroatoms. The highest BCUT2D eigenvalue weighted by molar-refractivity contribution is 5.94. The molecule has 1 aromatic rings. The number of likely N-dealkylation sites (tertiary alicyclic amines) is 2. The van der Waals surface area contributed by atoms with Crippen molar-refractivity contribution < 1.29 is 4.79 Å². The van der Waals surface area contributed by atoms with Crippen LogP contribution < -0.4 is 5.32 Å². The predicted molar refractivity (Wildman–Crippen MR) is 106 cm³/mol. The molecule has 1 unspecified atom stereocenters. The maximum Gasteiger partial charge on any atom is 0.253 e. The molecule has 0 saturated carbocycles. The van der Waals surface area contributed by atoms with E-state index >= 15 is 0 Å². The van der Waals surface area contributed by atoms with Crippen LogP contribution in [0.5, 0.6) is 0 Å². The number of aliphatic imine (C=N–C) groups is 1. The Morgan fingerprint density at radius 3 is 2.42 bits per heavy atom. The van der Waals surface area contributed by atoms with Crippen LogP contribution in [0.1, 0.15) is 54.9 Å². The lowest BCUT2D eigenvalue weighted by Crippen LogP contribution is -2.45. The van der Waals surface area contributed by atoms with Gasteiger partial charge in [0, 0.05) is 45.3 Å². The zero-order valence-electron chi connectivity index (χ0n) is 16.2. The minimum atomic E-state index is 0.169. The average molecular weight is 357 g/mol. The van der Waals surface area contributed by atoms with Crippen LogP contribution in [0.15, 0.2) is 29.3 Å². The summed E-state index contributed by atoms with van der Waals surface area (Å²) >= 11 is 0. The van der Waals surface area contributed by atoms with Gasteiger partial charge in [-0.05, 0) is 55.7 Å². The molecule has 0 radical (unpaired) electrons. The summed E-state index contributed by atoms with van der Waals surface area (Å²) in [5.41, 5.74) is 1.97. The van der Waals surface area contributed by atoms with Crippen LogP contribution >= 0.6 is 0 Å². The summed E-state index contributed by atoms with van der Waals surface area (Å²) in [6, 6.07) is 8.02. The van der Waals surface area contributed by atoms with Crippen molar-refractivity contribution >= 4 is 11.9 Å². The fraction of sp³-hybridized carbons (Fsp3) is 0.619. The van der Waals surface area contributed by atoms with Gasteiger partial charge in [0.15, 0.2) is 5.96 Å². The van der Waals surface area contributed by atoms with Crippen LogP contribution in [-0.4, -0.2) is 54.9 Å². The molecule has 26 heavy (non-hydrogen) atoms. The highest BCUT2D eigenvalue weighted by Crippen LogP contribution is 2.16. The SMILES string of the molecule is CN=C(NCc1ccc(C(=O)N2CCCCC2)cc1)N1CCCC(C)C1. The Morgan fingerprint density at radius 1 is 1.08 bits per heavy atom. The number of amides is 1. The number of guanidine groups is 1. The Balaban J connectivity index is 1.54. The molecule has 0 bridgehead atoms. The van der Waals surface area contributed by atoms with E-state index in [1.807, 2.05) is 24.1 Å². The lowest BCUT2D eigenvalue weighted by Gasteiger charge is -2.33. The Hall–Kier alpha value is -2.04. The van der Waals surface area contributed by atoms with Crippen LogP contribution in [0, 0.1) is 5.92 Å². The summed E-state index contributed by atoms with van der Waals surface area (Å²) in [7, 11) is 1.85. The average Bonchev–Trinajstić information content (AvgIpc) is 2.69. The van der Waals surface area contributed by atoms with Crippen molar-refractivity contribution in [3.05, 3.63) is 35.4 Å². The predicted octanol–water partition coefficient (Wildman–Crippen LogP) is 3.12. The lowest BCUT2D eigenvalue weighted by molar-refractivity contribution is 0.0724. The van der Waals surface area contributed by atoms with Crippen LogP contribution in [-0.2, 0) is 6.54 Å². The van der Waals surface area contributed by atoms with E-state index in [1.54, 1.807) is 0 Å². The minimum Gasteiger partial charge on any atom is -0.352 e. The highest BCUT2D eigenvalue weighted by Gasteiger charge is 2.20. The van der Waals surface area contributed by atoms with E-state index in [2.05, 4.69) is 34.3 Å². The number of hydrogen-bond donors (Lipinski definition) is 1. The summed E-state index contributed by atoms with van der Waals surface area (Å²) in [6.45, 7) is 6.98. The third kappa shape index (κ3) is 4.77. The number of carbonyl (C=O) groups is 1. The van der Waals surface area contributed by atoms with Gasteiger partial charge in [-0.2, -0.15) is 0 Å². The summed E-state index contributed by atoms with van der Waals surface area (Å²) in [5.74, 6) is 1.87. The van der Waals surface area contributed by atoms with Crippen molar-refractivity contribution in [2.45, 2.75) is 45.6 Å². The fourth-order valence-corrected chi connectivity index (χ4v) is 3.94. The van der Waals surface area contributed by atoms with Gasteiger partial charge >= 0.3 is 0 Å². The first-order valence-corrected chi connectivity index (χ1v) is 10.0. The second-order valence-corrected chi connectivity index (χ2v) is 7.64. The van der Waals surface area contributed by atoms with E-state index in [9.17, 15) is 4.79 Å². The van der Waals surface area contributed by atoms with Crippen molar-refractivity contribution in [3.8, 4) is 0 Å². The quantitative estimate of drug-likeness (QED) is 0.669. The molecule has 2 heterocycles. The molecule has 5 nitrogen and oxygen atoms in total. The van der Waals surface area contributed by atoms with E-state index in [0.717, 1.165) is 63.0 Å². The van der Waals surface area contributed by atoms with E-state index in [1.165, 1.54) is 24.8 Å². The molecule has 0 spiro atoms. The molecule has 2 aliphatic rings. The van der Waals surface area contributed by atoms with Crippen molar-refractivity contribution in [2.75, 3.05) is 33.2 Å². The molecule has 0 aliphatic carbocycles. The van der Waals surface area contributed by atoms with Crippen molar-refractivity contribution in [2.24, 2.45) is 10.9 Å². The molecule has 0 aromatic heterocycles. The van der Waals surface area contributed by atoms with Crippen LogP contribution in [0.2, 0.25) is 0 Å². The lowest BCUT2D eigenvalue weighted by atomic mass is 10.0. The van der Waals surface area contributed by atoms with Crippen molar-refractivity contribution in [1.29, 1.82) is 0 Å². The molecule has 2 saturated heterocycles. The Morgan fingerprint density at radius 2 is 1.77 bits per heavy atom. The summed E-state index contributed by atoms with van der Waals surface area (Å²) in [5, 5.41) is 3.47. The zero-order valence-corrected chi connectivity index (χ0v) is 16.2. The van der Waals surface area contributed by atoms with Gasteiger partial charge in [-0.1, -0.05) is 19.1 Å². The third-order valence-electron chi connectivity index (χ3n) is 5.46. The number of carbonyl (C=O) groups excluding carboxylic acids is 1. The van der Waals surface area contributed by atoms with E-state index in [0.29, 0.717) is 0 Å². The summed E-state index contributed by atoms with van der Waals surface area (Å²) in [4.78, 5) is 21.3.